The highest BCUT2D eigenvalue weighted by Gasteiger charge is 2.34. The van der Waals surface area contributed by atoms with Crippen molar-refractivity contribution in [2.75, 3.05) is 6.61 Å². The summed E-state index contributed by atoms with van der Waals surface area (Å²) in [5.74, 6) is 0.285. The van der Waals surface area contributed by atoms with E-state index in [9.17, 15) is 4.39 Å². The van der Waals surface area contributed by atoms with Crippen LogP contribution in [0.25, 0.3) is 0 Å². The highest BCUT2D eigenvalue weighted by molar-refractivity contribution is 5.38. The summed E-state index contributed by atoms with van der Waals surface area (Å²) in [6, 6.07) is 4.46. The molecule has 0 saturated carbocycles. The zero-order valence-electron chi connectivity index (χ0n) is 9.56. The molecule has 0 aromatic heterocycles. The van der Waals surface area contributed by atoms with Crippen molar-refractivity contribution in [1.82, 2.24) is 0 Å². The van der Waals surface area contributed by atoms with Crippen LogP contribution in [-0.2, 0) is 4.74 Å². The molecule has 92 valence electrons. The second-order valence-corrected chi connectivity index (χ2v) is 4.73. The van der Waals surface area contributed by atoms with Gasteiger partial charge < -0.3 is 15.2 Å². The molecule has 0 amide bonds. The van der Waals surface area contributed by atoms with Crippen molar-refractivity contribution in [2.24, 2.45) is 5.73 Å². The standard InChI is InChI=1S/C13H16FNO2/c14-8-3-4-9-10(15)7-13(17-12(9)6-8)11-2-1-5-16-11/h3-4,6,10-11,13H,1-2,5,7,15H2. The van der Waals surface area contributed by atoms with Crippen LogP contribution < -0.4 is 10.5 Å². The third kappa shape index (κ3) is 2.03. The van der Waals surface area contributed by atoms with E-state index in [0.29, 0.717) is 5.75 Å². The fourth-order valence-corrected chi connectivity index (χ4v) is 2.63. The fraction of sp³-hybridized carbons (Fsp3) is 0.538. The van der Waals surface area contributed by atoms with Gasteiger partial charge in [-0.15, -0.1) is 0 Å². The van der Waals surface area contributed by atoms with E-state index in [1.807, 2.05) is 0 Å². The van der Waals surface area contributed by atoms with E-state index in [1.165, 1.54) is 12.1 Å². The van der Waals surface area contributed by atoms with Crippen molar-refractivity contribution in [3.05, 3.63) is 29.6 Å². The quantitative estimate of drug-likeness (QED) is 0.814. The van der Waals surface area contributed by atoms with Crippen molar-refractivity contribution in [3.63, 3.8) is 0 Å². The number of hydrogen-bond donors (Lipinski definition) is 1. The van der Waals surface area contributed by atoms with Crippen LogP contribution in [-0.4, -0.2) is 18.8 Å². The number of rotatable bonds is 1. The second kappa shape index (κ2) is 4.27. The highest BCUT2D eigenvalue weighted by Crippen LogP contribution is 2.36. The van der Waals surface area contributed by atoms with Crippen molar-refractivity contribution >= 4 is 0 Å². The molecule has 2 heterocycles. The molecule has 3 rings (SSSR count). The first-order valence-electron chi connectivity index (χ1n) is 6.07. The van der Waals surface area contributed by atoms with Gasteiger partial charge in [0.2, 0.25) is 0 Å². The molecule has 2 aliphatic heterocycles. The number of halogens is 1. The Labute approximate surface area is 99.7 Å². The Hall–Kier alpha value is -1.13. The molecule has 3 atom stereocenters. The molecule has 1 saturated heterocycles. The number of ether oxygens (including phenoxy) is 2. The summed E-state index contributed by atoms with van der Waals surface area (Å²) in [6.07, 6.45) is 2.88. The van der Waals surface area contributed by atoms with Crippen molar-refractivity contribution in [1.29, 1.82) is 0 Å². The van der Waals surface area contributed by atoms with Crippen molar-refractivity contribution in [3.8, 4) is 5.75 Å². The average molecular weight is 237 g/mol. The molecule has 3 nitrogen and oxygen atoms in total. The summed E-state index contributed by atoms with van der Waals surface area (Å²) in [5.41, 5.74) is 6.99. The maximum absolute atomic E-state index is 13.2. The monoisotopic (exact) mass is 237 g/mol. The van der Waals surface area contributed by atoms with E-state index in [2.05, 4.69) is 0 Å². The van der Waals surface area contributed by atoms with Crippen LogP contribution in [0.2, 0.25) is 0 Å². The molecule has 1 aromatic rings. The Morgan fingerprint density at radius 2 is 2.18 bits per heavy atom. The average Bonchev–Trinajstić information content (AvgIpc) is 2.81. The summed E-state index contributed by atoms with van der Waals surface area (Å²) in [4.78, 5) is 0. The number of hydrogen-bond acceptors (Lipinski definition) is 3. The van der Waals surface area contributed by atoms with Crippen LogP contribution in [0.3, 0.4) is 0 Å². The van der Waals surface area contributed by atoms with Crippen LogP contribution in [0.1, 0.15) is 30.9 Å². The Morgan fingerprint density at radius 3 is 2.94 bits per heavy atom. The molecule has 17 heavy (non-hydrogen) atoms. The third-order valence-corrected chi connectivity index (χ3v) is 3.52. The molecule has 1 aromatic carbocycles. The van der Waals surface area contributed by atoms with Gasteiger partial charge in [0.05, 0.1) is 6.10 Å². The van der Waals surface area contributed by atoms with E-state index in [4.69, 9.17) is 15.2 Å². The van der Waals surface area contributed by atoms with E-state index in [0.717, 1.165) is 31.4 Å². The van der Waals surface area contributed by atoms with Crippen LogP contribution in [0.4, 0.5) is 4.39 Å². The first-order valence-corrected chi connectivity index (χ1v) is 6.07. The summed E-state index contributed by atoms with van der Waals surface area (Å²) >= 11 is 0. The first kappa shape index (κ1) is 11.0. The molecule has 0 aliphatic carbocycles. The van der Waals surface area contributed by atoms with Gasteiger partial charge in [-0.25, -0.2) is 4.39 Å². The second-order valence-electron chi connectivity index (χ2n) is 4.73. The maximum Gasteiger partial charge on any atom is 0.127 e. The predicted molar refractivity (Wildman–Crippen MR) is 61.3 cm³/mol. The molecule has 4 heteroatoms. The van der Waals surface area contributed by atoms with Crippen LogP contribution in [0.15, 0.2) is 18.2 Å². The molecular formula is C13H16FNO2. The molecule has 2 aliphatic rings. The third-order valence-electron chi connectivity index (χ3n) is 3.52. The lowest BCUT2D eigenvalue weighted by Gasteiger charge is -2.33. The van der Waals surface area contributed by atoms with Gasteiger partial charge in [0, 0.05) is 30.7 Å². The van der Waals surface area contributed by atoms with Crippen LogP contribution >= 0.6 is 0 Å². The van der Waals surface area contributed by atoms with Gasteiger partial charge in [-0.05, 0) is 18.9 Å². The molecule has 0 spiro atoms. The van der Waals surface area contributed by atoms with Gasteiger partial charge in [-0.1, -0.05) is 6.07 Å². The molecule has 0 radical (unpaired) electrons. The van der Waals surface area contributed by atoms with E-state index < -0.39 is 0 Å². The zero-order valence-corrected chi connectivity index (χ0v) is 9.56. The lowest BCUT2D eigenvalue weighted by atomic mass is 9.94. The van der Waals surface area contributed by atoms with Gasteiger partial charge in [0.15, 0.2) is 0 Å². The maximum atomic E-state index is 13.2. The van der Waals surface area contributed by atoms with Gasteiger partial charge in [-0.2, -0.15) is 0 Å². The lowest BCUT2D eigenvalue weighted by molar-refractivity contribution is -0.00211. The van der Waals surface area contributed by atoms with Crippen molar-refractivity contribution in [2.45, 2.75) is 37.5 Å². The molecule has 0 bridgehead atoms. The molecule has 2 N–H and O–H groups in total. The predicted octanol–water partition coefficient (Wildman–Crippen LogP) is 2.16. The Bertz CT molecular complexity index is 418. The summed E-state index contributed by atoms with van der Waals surface area (Å²) in [7, 11) is 0. The van der Waals surface area contributed by atoms with Gasteiger partial charge in [0.25, 0.3) is 0 Å². The summed E-state index contributed by atoms with van der Waals surface area (Å²) in [5, 5.41) is 0. The lowest BCUT2D eigenvalue weighted by Crippen LogP contribution is -2.38. The van der Waals surface area contributed by atoms with E-state index in [-0.39, 0.29) is 24.1 Å². The van der Waals surface area contributed by atoms with Crippen LogP contribution in [0.5, 0.6) is 5.75 Å². The number of benzene rings is 1. The largest absolute Gasteiger partial charge is 0.487 e. The number of nitrogens with two attached hydrogens (primary N) is 1. The minimum atomic E-state index is -0.288. The molecule has 1 fully saturated rings. The normalized spacial score (nSPS) is 32.0. The van der Waals surface area contributed by atoms with Gasteiger partial charge in [0.1, 0.15) is 17.7 Å². The summed E-state index contributed by atoms with van der Waals surface area (Å²) < 4.78 is 24.6. The Morgan fingerprint density at radius 1 is 1.29 bits per heavy atom. The highest BCUT2D eigenvalue weighted by atomic mass is 19.1. The van der Waals surface area contributed by atoms with E-state index >= 15 is 0 Å². The van der Waals surface area contributed by atoms with Gasteiger partial charge in [-0.3, -0.25) is 0 Å². The smallest absolute Gasteiger partial charge is 0.127 e. The Balaban J connectivity index is 1.85. The first-order chi connectivity index (χ1) is 8.24. The topological polar surface area (TPSA) is 44.5 Å². The number of fused-ring (bicyclic) bond motifs is 1. The van der Waals surface area contributed by atoms with Crippen LogP contribution in [0, 0.1) is 5.82 Å². The fourth-order valence-electron chi connectivity index (χ4n) is 2.63. The van der Waals surface area contributed by atoms with Gasteiger partial charge >= 0.3 is 0 Å². The Kier molecular flexibility index (Phi) is 2.76. The van der Waals surface area contributed by atoms with E-state index in [1.54, 1.807) is 6.07 Å². The SMILES string of the molecule is NC1CC(C2CCCO2)Oc2cc(F)ccc21. The molecular weight excluding hydrogens is 221 g/mol. The van der Waals surface area contributed by atoms with Crippen molar-refractivity contribution < 1.29 is 13.9 Å². The minimum Gasteiger partial charge on any atom is -0.487 e. The molecule has 3 unspecified atom stereocenters. The zero-order chi connectivity index (χ0) is 11.8. The minimum absolute atomic E-state index is 0.0400. The summed E-state index contributed by atoms with van der Waals surface area (Å²) in [6.45, 7) is 0.787.